The molecule has 0 aliphatic rings. The Bertz CT molecular complexity index is 1510. The van der Waals surface area contributed by atoms with Gasteiger partial charge in [0.25, 0.3) is 0 Å². The van der Waals surface area contributed by atoms with Crippen molar-refractivity contribution in [1.29, 1.82) is 0 Å². The van der Waals surface area contributed by atoms with Crippen molar-refractivity contribution in [3.05, 3.63) is 99.2 Å². The summed E-state index contributed by atoms with van der Waals surface area (Å²) in [5, 5.41) is 66.0. The lowest BCUT2D eigenvalue weighted by Crippen LogP contribution is -2.15. The number of aliphatic hydroxyl groups is 7. The van der Waals surface area contributed by atoms with Gasteiger partial charge in [0.1, 0.15) is 26.4 Å². The van der Waals surface area contributed by atoms with E-state index in [1.807, 2.05) is 0 Å². The van der Waals surface area contributed by atoms with Crippen molar-refractivity contribution in [3.8, 4) is 0 Å². The molecule has 0 fully saturated rings. The van der Waals surface area contributed by atoms with Crippen molar-refractivity contribution in [2.75, 3.05) is 79.3 Å². The van der Waals surface area contributed by atoms with Gasteiger partial charge in [0.2, 0.25) is 0 Å². The van der Waals surface area contributed by atoms with Crippen LogP contribution < -0.4 is 0 Å². The molecular weight excluding hydrogens is 932 g/mol. The molecule has 0 radical (unpaired) electrons. The Balaban J connectivity index is -0.000000105. The third-order valence-electron chi connectivity index (χ3n) is 5.23. The molecule has 2 unspecified atom stereocenters. The highest BCUT2D eigenvalue weighted by Gasteiger charge is 2.04. The number of rotatable bonds is 25. The van der Waals surface area contributed by atoms with Gasteiger partial charge in [-0.15, -0.1) is 0 Å². The van der Waals surface area contributed by atoms with Crippen LogP contribution in [0.25, 0.3) is 0 Å². The Morgan fingerprint density at radius 2 is 0.714 bits per heavy atom. The molecule has 0 rings (SSSR count). The van der Waals surface area contributed by atoms with E-state index in [1.165, 1.54) is 13.0 Å². The highest BCUT2D eigenvalue weighted by Crippen LogP contribution is 1.94. The number of allylic oxidation sites excluding steroid dienone is 1. The Morgan fingerprint density at radius 3 is 1.00 bits per heavy atom. The van der Waals surface area contributed by atoms with Crippen LogP contribution in [0.2, 0.25) is 0 Å². The van der Waals surface area contributed by atoms with Crippen LogP contribution in [0.1, 0.15) is 60.8 Å². The van der Waals surface area contributed by atoms with Gasteiger partial charge < -0.3 is 74.0 Å². The maximum absolute atomic E-state index is 10.6. The molecule has 0 aromatic heterocycles. The second-order valence-corrected chi connectivity index (χ2v) is 12.4. The molecule has 0 aliphatic heterocycles. The van der Waals surface area contributed by atoms with Gasteiger partial charge >= 0.3 is 47.8 Å². The summed E-state index contributed by atoms with van der Waals surface area (Å²) >= 11 is 0. The number of hydrogen-bond donors (Lipinski definition) is 8. The number of carboxylic acids is 1. The second kappa shape index (κ2) is 64.5. The van der Waals surface area contributed by atoms with Crippen LogP contribution in [0.15, 0.2) is 99.2 Å². The van der Waals surface area contributed by atoms with Gasteiger partial charge in [-0.3, -0.25) is 0 Å². The van der Waals surface area contributed by atoms with Gasteiger partial charge in [0.05, 0.1) is 45.2 Å². The van der Waals surface area contributed by atoms with Crippen LogP contribution in [0.4, 0.5) is 0 Å². The SMILES string of the molecule is C=C(C)C(=O)OCC(C)O.C=C(C)C(=O)OCCCO.C=C(C)C(=O)OCCO.C=CC(=O)O.C=CC(=O)OCC(C)O.C=CC(=O)OCCCO.C=CC(=O)OCCO.CC=CC(=O)OCCCO. The number of carbonyl (C=O) groups excluding carboxylic acids is 7. The Labute approximate surface area is 410 Å². The van der Waals surface area contributed by atoms with Crippen molar-refractivity contribution in [2.24, 2.45) is 0 Å². The maximum atomic E-state index is 10.6. The fourth-order valence-electron chi connectivity index (χ4n) is 2.12. The zero-order valence-electron chi connectivity index (χ0n) is 41.4. The van der Waals surface area contributed by atoms with Crippen LogP contribution >= 0.6 is 0 Å². The lowest BCUT2D eigenvalue weighted by Gasteiger charge is -2.04. The Kier molecular flexibility index (Phi) is 74.1. The minimum Gasteiger partial charge on any atom is -0.478 e. The molecule has 0 amide bonds. The van der Waals surface area contributed by atoms with Crippen LogP contribution in [0, 0.1) is 0 Å². The number of esters is 7. The highest BCUT2D eigenvalue weighted by atomic mass is 16.6. The van der Waals surface area contributed by atoms with Crippen molar-refractivity contribution in [2.45, 2.75) is 73.0 Å². The average Bonchev–Trinajstić information content (AvgIpc) is 3.32. The number of hydrogen-bond acceptors (Lipinski definition) is 22. The van der Waals surface area contributed by atoms with E-state index in [0.717, 1.165) is 24.3 Å². The van der Waals surface area contributed by atoms with Crippen LogP contribution in [0.5, 0.6) is 0 Å². The number of aliphatic hydroxyl groups excluding tert-OH is 7. The first-order valence-electron chi connectivity index (χ1n) is 20.7. The minimum atomic E-state index is -0.981. The normalized spacial score (nSPS) is 9.67. The van der Waals surface area contributed by atoms with Crippen molar-refractivity contribution >= 4 is 47.8 Å². The first-order chi connectivity index (χ1) is 32.8. The number of aliphatic carboxylic acids is 1. The molecule has 0 saturated heterocycles. The average molecular weight is 1010 g/mol. The van der Waals surface area contributed by atoms with Gasteiger partial charge in [-0.25, -0.2) is 38.4 Å². The summed E-state index contributed by atoms with van der Waals surface area (Å²) in [5.74, 6) is -4.09. The summed E-state index contributed by atoms with van der Waals surface area (Å²) in [5.41, 5.74) is 1.09. The quantitative estimate of drug-likeness (QED) is 0.0279. The number of carbonyl (C=O) groups is 8. The topological polar surface area (TPSA) is 363 Å². The molecule has 0 aromatic rings. The molecule has 23 heteroatoms. The first-order valence-corrected chi connectivity index (χ1v) is 20.7. The van der Waals surface area contributed by atoms with E-state index < -0.39 is 54.0 Å². The third kappa shape index (κ3) is 91.8. The van der Waals surface area contributed by atoms with Crippen LogP contribution in [0.3, 0.4) is 0 Å². The zero-order chi connectivity index (χ0) is 56.3. The second-order valence-electron chi connectivity index (χ2n) is 12.4. The number of ether oxygens (including phenoxy) is 7. The monoisotopic (exact) mass is 1010 g/mol. The molecule has 8 N–H and O–H groups in total. The summed E-state index contributed by atoms with van der Waals surface area (Å²) in [6.07, 6.45) is 7.26. The van der Waals surface area contributed by atoms with Gasteiger partial charge in [-0.1, -0.05) is 52.1 Å². The van der Waals surface area contributed by atoms with Gasteiger partial charge in [0.15, 0.2) is 0 Å². The number of carboxylic acid groups (broad SMARTS) is 1. The lowest BCUT2D eigenvalue weighted by atomic mass is 10.3. The van der Waals surface area contributed by atoms with E-state index in [1.54, 1.807) is 40.7 Å². The van der Waals surface area contributed by atoms with Crippen LogP contribution in [-0.4, -0.2) is 180 Å². The van der Waals surface area contributed by atoms with E-state index in [9.17, 15) is 38.4 Å². The third-order valence-corrected chi connectivity index (χ3v) is 5.23. The molecule has 2 atom stereocenters. The lowest BCUT2D eigenvalue weighted by molar-refractivity contribution is -0.142. The summed E-state index contributed by atoms with van der Waals surface area (Å²) in [6, 6.07) is 0. The van der Waals surface area contributed by atoms with Crippen molar-refractivity contribution < 1.29 is 112 Å². The molecule has 23 nitrogen and oxygen atoms in total. The van der Waals surface area contributed by atoms with E-state index in [2.05, 4.69) is 79.2 Å². The minimum absolute atomic E-state index is 0.0326. The van der Waals surface area contributed by atoms with E-state index in [0.29, 0.717) is 42.6 Å². The zero-order valence-corrected chi connectivity index (χ0v) is 41.4. The standard InChI is InChI=1S/3C7H12O3.3C6H10O3.C5H8O3.C3H4O2/c1-5(2)7(9)10-4-6(3)8;1-6(2)7(9)10-5-3-4-8;1-2-4-7(9)10-6-3-5-8;1-5(2)6(8)9-4-3-7;1-3-6(8)9-4-5(2)7;1-2-6(8)9-5-3-4-7;1-2-5(7)8-4-3-6;1-2-3(4)5/h6,8H,1,4H2,2-3H3;8H,1,3-5H2,2H3;2,4,8H,3,5-6H2,1H3;7H,1,3-4H2,2H3;3,5,7H,1,4H2,2H3;2,7H,1,3-5H2;2,6H,1,3-4H2;2H,1H2,(H,4,5). The van der Waals surface area contributed by atoms with Gasteiger partial charge in [-0.2, -0.15) is 0 Å². The predicted octanol–water partition coefficient (Wildman–Crippen LogP) is 1.72. The maximum Gasteiger partial charge on any atom is 0.333 e. The molecule has 404 valence electrons. The smallest absolute Gasteiger partial charge is 0.333 e. The molecule has 70 heavy (non-hydrogen) atoms. The Morgan fingerprint density at radius 1 is 0.443 bits per heavy atom. The highest BCUT2D eigenvalue weighted by molar-refractivity contribution is 5.88. The van der Waals surface area contributed by atoms with Gasteiger partial charge in [0, 0.05) is 86.2 Å². The summed E-state index contributed by atoms with van der Waals surface area (Å²) in [4.78, 5) is 82.1. The fraction of sp³-hybridized carbons (Fsp3) is 0.489. The molecule has 0 aromatic carbocycles. The molecule has 0 saturated carbocycles. The molecule has 0 spiro atoms. The summed E-state index contributed by atoms with van der Waals surface area (Å²) in [6.45, 7) is 33.0. The first kappa shape index (κ1) is 80.4. The molecule has 0 aliphatic carbocycles. The summed E-state index contributed by atoms with van der Waals surface area (Å²) < 4.78 is 31.6. The van der Waals surface area contributed by atoms with Crippen molar-refractivity contribution in [3.63, 3.8) is 0 Å². The largest absolute Gasteiger partial charge is 0.478 e. The van der Waals surface area contributed by atoms with E-state index in [-0.39, 0.29) is 78.6 Å². The molecule has 0 bridgehead atoms. The van der Waals surface area contributed by atoms with E-state index in [4.69, 9.17) is 40.9 Å². The summed E-state index contributed by atoms with van der Waals surface area (Å²) in [7, 11) is 0. The van der Waals surface area contributed by atoms with Crippen LogP contribution in [-0.2, 0) is 71.5 Å². The van der Waals surface area contributed by atoms with E-state index >= 15 is 0 Å². The fourth-order valence-corrected chi connectivity index (χ4v) is 2.12. The predicted molar refractivity (Wildman–Crippen MR) is 257 cm³/mol. The van der Waals surface area contributed by atoms with Crippen molar-refractivity contribution in [1.82, 2.24) is 0 Å². The Hall–Kier alpha value is -6.60. The van der Waals surface area contributed by atoms with Gasteiger partial charge in [-0.05, 0) is 41.5 Å². The molecule has 0 heterocycles. The molecular formula is C47H78O23.